The predicted molar refractivity (Wildman–Crippen MR) is 123 cm³/mol. The van der Waals surface area contributed by atoms with Crippen LogP contribution in [0, 0.1) is 23.0 Å². The molecule has 1 atom stereocenters. The number of benzene rings is 1. The highest BCUT2D eigenvalue weighted by atomic mass is 19.4. The first-order valence-corrected chi connectivity index (χ1v) is 11.3. The van der Waals surface area contributed by atoms with Crippen molar-refractivity contribution in [2.45, 2.75) is 37.3 Å². The maximum atomic E-state index is 14.8. The number of amides is 1. The zero-order chi connectivity index (χ0) is 30.8. The third-order valence-corrected chi connectivity index (χ3v) is 5.98. The number of hydrogen-bond donors (Lipinski definition) is 3. The summed E-state index contributed by atoms with van der Waals surface area (Å²) in [5.74, 6) is -6.27. The van der Waals surface area contributed by atoms with E-state index in [0.29, 0.717) is 13.0 Å². The van der Waals surface area contributed by atoms with Crippen LogP contribution in [-0.4, -0.2) is 68.4 Å². The van der Waals surface area contributed by atoms with Crippen molar-refractivity contribution in [3.05, 3.63) is 54.1 Å². The van der Waals surface area contributed by atoms with E-state index in [2.05, 4.69) is 21.4 Å². The summed E-state index contributed by atoms with van der Waals surface area (Å²) in [4.78, 5) is 22.4. The van der Waals surface area contributed by atoms with Crippen LogP contribution in [0.4, 0.5) is 40.8 Å². The number of aliphatic carboxylic acids is 1. The molecule has 1 amide bonds. The Bertz CT molecular complexity index is 1440. The molecule has 3 heterocycles. The van der Waals surface area contributed by atoms with Crippen LogP contribution in [-0.2, 0) is 10.3 Å². The fourth-order valence-electron chi connectivity index (χ4n) is 3.77. The molecule has 1 aromatic carbocycles. The molecule has 4 rings (SSSR count). The molecule has 1 aliphatic heterocycles. The lowest BCUT2D eigenvalue weighted by molar-refractivity contribution is -0.192. The van der Waals surface area contributed by atoms with Gasteiger partial charge in [-0.1, -0.05) is 0 Å². The van der Waals surface area contributed by atoms with Crippen molar-refractivity contribution in [2.75, 3.05) is 18.0 Å². The van der Waals surface area contributed by atoms with Crippen LogP contribution in [0.3, 0.4) is 0 Å². The van der Waals surface area contributed by atoms with Gasteiger partial charge in [-0.05, 0) is 13.0 Å². The summed E-state index contributed by atoms with van der Waals surface area (Å²) >= 11 is 0. The Labute approximate surface area is 225 Å². The van der Waals surface area contributed by atoms with Crippen LogP contribution < -0.4 is 10.2 Å². The number of alkyl halides is 6. The van der Waals surface area contributed by atoms with Crippen molar-refractivity contribution >= 4 is 17.6 Å². The highest BCUT2D eigenvalue weighted by molar-refractivity contribution is 5.95. The zero-order valence-corrected chi connectivity index (χ0v) is 20.7. The average Bonchev–Trinajstić information content (AvgIpc) is 3.54. The van der Waals surface area contributed by atoms with Gasteiger partial charge in [0.2, 0.25) is 0 Å². The first kappa shape index (κ1) is 30.8. The van der Waals surface area contributed by atoms with Crippen molar-refractivity contribution in [3.63, 3.8) is 0 Å². The molecule has 0 aliphatic carbocycles. The number of anilines is 1. The molecule has 3 N–H and O–H groups in total. The van der Waals surface area contributed by atoms with Gasteiger partial charge in [0, 0.05) is 42.7 Å². The van der Waals surface area contributed by atoms with E-state index in [1.54, 1.807) is 34.8 Å². The Morgan fingerprint density at radius 1 is 1.15 bits per heavy atom. The van der Waals surface area contributed by atoms with E-state index in [9.17, 15) is 45.2 Å². The quantitative estimate of drug-likeness (QED) is 0.367. The molecule has 3 aromatic rings. The number of carboxylic acids is 1. The summed E-state index contributed by atoms with van der Waals surface area (Å²) in [6, 6.07) is 1.19. The van der Waals surface area contributed by atoms with Gasteiger partial charge in [0.05, 0.1) is 36.1 Å². The van der Waals surface area contributed by atoms with E-state index < -0.39 is 53.0 Å². The number of carbonyl (C=O) groups is 2. The van der Waals surface area contributed by atoms with Crippen LogP contribution in [0.25, 0.3) is 11.1 Å². The molecule has 1 unspecified atom stereocenters. The Morgan fingerprint density at radius 3 is 2.29 bits per heavy atom. The van der Waals surface area contributed by atoms with Gasteiger partial charge in [0.25, 0.3) is 5.91 Å². The first-order chi connectivity index (χ1) is 19.0. The van der Waals surface area contributed by atoms with Gasteiger partial charge in [0.15, 0.2) is 0 Å². The SMILES string of the molecule is CC(NC(=O)c1cc(F)c(N2CC(CC#N)(n3cc(-c4cn[nH]c4)cn3)C2)cc1F)C(F)(F)F.O=C(O)C(F)(F)F. The standard InChI is InChI=1S/C21H18F5N7O.C2HF3O2/c1-12(21(24,25)26)31-19(34)15-4-17(23)18(5-16(15)22)32-10-20(11-32,2-3-27)33-9-14(8-30-33)13-6-28-29-7-13;3-2(4,5)1(6)7/h4-9,12H,2,10-11H2,1H3,(H,28,29)(H,31,34);(H,6,7). The summed E-state index contributed by atoms with van der Waals surface area (Å²) in [7, 11) is 0. The van der Waals surface area contributed by atoms with Gasteiger partial charge in [-0.25, -0.2) is 13.6 Å². The van der Waals surface area contributed by atoms with Crippen LogP contribution in [0.5, 0.6) is 0 Å². The van der Waals surface area contributed by atoms with E-state index in [4.69, 9.17) is 9.90 Å². The molecule has 220 valence electrons. The Hall–Kier alpha value is -4.69. The molecule has 1 fully saturated rings. The summed E-state index contributed by atoms with van der Waals surface area (Å²) in [5.41, 5.74) is -0.258. The van der Waals surface area contributed by atoms with Gasteiger partial charge >= 0.3 is 18.3 Å². The Balaban J connectivity index is 0.000000587. The van der Waals surface area contributed by atoms with Crippen molar-refractivity contribution in [1.82, 2.24) is 25.3 Å². The van der Waals surface area contributed by atoms with Gasteiger partial charge in [-0.15, -0.1) is 0 Å². The highest BCUT2D eigenvalue weighted by Crippen LogP contribution is 2.38. The van der Waals surface area contributed by atoms with Crippen LogP contribution >= 0.6 is 0 Å². The monoisotopic (exact) mass is 593 g/mol. The molecule has 0 saturated carbocycles. The number of nitriles is 1. The summed E-state index contributed by atoms with van der Waals surface area (Å²) < 4.78 is 101. The van der Waals surface area contributed by atoms with E-state index in [-0.39, 0.29) is 25.2 Å². The van der Waals surface area contributed by atoms with Gasteiger partial charge in [-0.2, -0.15) is 41.8 Å². The van der Waals surface area contributed by atoms with E-state index in [1.807, 2.05) is 0 Å². The van der Waals surface area contributed by atoms with E-state index >= 15 is 0 Å². The van der Waals surface area contributed by atoms with Crippen LogP contribution in [0.2, 0.25) is 0 Å². The van der Waals surface area contributed by atoms with Crippen molar-refractivity contribution < 1.29 is 49.8 Å². The number of hydrogen-bond acceptors (Lipinski definition) is 6. The minimum Gasteiger partial charge on any atom is -0.475 e. The van der Waals surface area contributed by atoms with Gasteiger partial charge in [0.1, 0.15) is 23.2 Å². The number of carbonyl (C=O) groups excluding carboxylic acids is 1. The topological polar surface area (TPSA) is 140 Å². The number of rotatable bonds is 6. The minimum absolute atomic E-state index is 0.0515. The number of carboxylic acid groups (broad SMARTS) is 1. The second-order valence-corrected chi connectivity index (χ2v) is 8.90. The van der Waals surface area contributed by atoms with Crippen molar-refractivity contribution in [2.24, 2.45) is 0 Å². The molecule has 1 aliphatic rings. The highest BCUT2D eigenvalue weighted by Gasteiger charge is 2.47. The third kappa shape index (κ3) is 6.91. The molecule has 1 saturated heterocycles. The summed E-state index contributed by atoms with van der Waals surface area (Å²) in [5, 5.41) is 28.9. The second-order valence-electron chi connectivity index (χ2n) is 8.90. The zero-order valence-electron chi connectivity index (χ0n) is 20.7. The minimum atomic E-state index is -5.08. The molecule has 0 spiro atoms. The number of aromatic nitrogens is 4. The second kappa shape index (κ2) is 11.4. The number of nitrogens with one attached hydrogen (secondary N) is 2. The van der Waals surface area contributed by atoms with E-state index in [1.165, 1.54) is 4.90 Å². The lowest BCUT2D eigenvalue weighted by Crippen LogP contribution is -2.63. The molecular formula is C23H19F8N7O3. The molecule has 2 aromatic heterocycles. The fraction of sp³-hybridized carbons (Fsp3) is 0.348. The molecular weight excluding hydrogens is 574 g/mol. The average molecular weight is 593 g/mol. The van der Waals surface area contributed by atoms with Gasteiger partial charge in [-0.3, -0.25) is 14.6 Å². The lowest BCUT2D eigenvalue weighted by atomic mass is 9.86. The fourth-order valence-corrected chi connectivity index (χ4v) is 3.77. The van der Waals surface area contributed by atoms with Crippen molar-refractivity contribution in [1.29, 1.82) is 5.26 Å². The maximum Gasteiger partial charge on any atom is 0.490 e. The van der Waals surface area contributed by atoms with E-state index in [0.717, 1.165) is 17.2 Å². The molecule has 0 bridgehead atoms. The molecule has 0 radical (unpaired) electrons. The number of halogens is 8. The number of nitrogens with zero attached hydrogens (tertiary/aromatic N) is 5. The third-order valence-electron chi connectivity index (χ3n) is 5.98. The summed E-state index contributed by atoms with van der Waals surface area (Å²) in [6.45, 7) is 0.947. The van der Waals surface area contributed by atoms with Crippen LogP contribution in [0.15, 0.2) is 36.9 Å². The smallest absolute Gasteiger partial charge is 0.475 e. The molecule has 41 heavy (non-hydrogen) atoms. The Morgan fingerprint density at radius 2 is 1.78 bits per heavy atom. The first-order valence-electron chi connectivity index (χ1n) is 11.3. The Kier molecular flexibility index (Phi) is 8.60. The summed E-state index contributed by atoms with van der Waals surface area (Å²) in [6.07, 6.45) is -3.15. The molecule has 18 heteroatoms. The number of H-pyrrole nitrogens is 1. The largest absolute Gasteiger partial charge is 0.490 e. The maximum absolute atomic E-state index is 14.8. The predicted octanol–water partition coefficient (Wildman–Crippen LogP) is 3.99. The van der Waals surface area contributed by atoms with Crippen molar-refractivity contribution in [3.8, 4) is 17.2 Å². The lowest BCUT2D eigenvalue weighted by Gasteiger charge is -2.50. The molecule has 10 nitrogen and oxygen atoms in total. The van der Waals surface area contributed by atoms with Crippen LogP contribution in [0.1, 0.15) is 23.7 Å². The number of aromatic amines is 1. The van der Waals surface area contributed by atoms with Gasteiger partial charge < -0.3 is 15.3 Å². The normalized spacial score (nSPS) is 15.2.